The number of unbranched alkanes of at least 4 members (excludes halogenated alkanes) is 12. The first-order valence-electron chi connectivity index (χ1n) is 11.7. The maximum atomic E-state index is 11.6. The summed E-state index contributed by atoms with van der Waals surface area (Å²) in [6.45, 7) is 4.11. The Morgan fingerprint density at radius 2 is 1.26 bits per heavy atom. The summed E-state index contributed by atoms with van der Waals surface area (Å²) >= 11 is 0. The SMILES string of the molecule is CCCCCCCC/C=C\CCCCCCCCNC(=O)CCCN(C)C. The van der Waals surface area contributed by atoms with E-state index in [1.54, 1.807) is 0 Å². The van der Waals surface area contributed by atoms with Gasteiger partial charge in [0.15, 0.2) is 0 Å². The van der Waals surface area contributed by atoms with Crippen LogP contribution in [-0.4, -0.2) is 38.0 Å². The van der Waals surface area contributed by atoms with Crippen molar-refractivity contribution in [3.05, 3.63) is 12.2 Å². The third-order valence-corrected chi connectivity index (χ3v) is 5.02. The van der Waals surface area contributed by atoms with Gasteiger partial charge in [0.2, 0.25) is 5.91 Å². The van der Waals surface area contributed by atoms with E-state index < -0.39 is 0 Å². The van der Waals surface area contributed by atoms with Crippen molar-refractivity contribution < 1.29 is 4.79 Å². The molecule has 0 aliphatic heterocycles. The molecule has 3 nitrogen and oxygen atoms in total. The Labute approximate surface area is 170 Å². The highest BCUT2D eigenvalue weighted by molar-refractivity contribution is 5.75. The summed E-state index contributed by atoms with van der Waals surface area (Å²) in [4.78, 5) is 13.8. The topological polar surface area (TPSA) is 32.3 Å². The van der Waals surface area contributed by atoms with Crippen LogP contribution in [0, 0.1) is 0 Å². The zero-order valence-corrected chi connectivity index (χ0v) is 18.7. The normalized spacial score (nSPS) is 11.6. The highest BCUT2D eigenvalue weighted by Crippen LogP contribution is 2.09. The number of hydrogen-bond donors (Lipinski definition) is 1. The summed E-state index contributed by atoms with van der Waals surface area (Å²) in [6.07, 6.45) is 24.9. The second-order valence-corrected chi connectivity index (χ2v) is 8.19. The predicted molar refractivity (Wildman–Crippen MR) is 120 cm³/mol. The molecule has 0 aromatic rings. The maximum Gasteiger partial charge on any atom is 0.220 e. The molecule has 0 aromatic heterocycles. The van der Waals surface area contributed by atoms with Crippen LogP contribution < -0.4 is 5.32 Å². The lowest BCUT2D eigenvalue weighted by molar-refractivity contribution is -0.121. The number of carbonyl (C=O) groups is 1. The zero-order chi connectivity index (χ0) is 20.0. The fourth-order valence-electron chi connectivity index (χ4n) is 3.24. The first-order chi connectivity index (χ1) is 13.2. The minimum atomic E-state index is 0.213. The molecule has 0 bridgehead atoms. The van der Waals surface area contributed by atoms with Gasteiger partial charge in [-0.2, -0.15) is 0 Å². The van der Waals surface area contributed by atoms with Gasteiger partial charge in [0, 0.05) is 13.0 Å². The smallest absolute Gasteiger partial charge is 0.220 e. The lowest BCUT2D eigenvalue weighted by atomic mass is 10.1. The molecule has 0 fully saturated rings. The highest BCUT2D eigenvalue weighted by atomic mass is 16.1. The molecule has 0 spiro atoms. The number of nitrogens with zero attached hydrogens (tertiary/aromatic N) is 1. The molecule has 3 heteroatoms. The van der Waals surface area contributed by atoms with E-state index in [0.29, 0.717) is 6.42 Å². The minimum Gasteiger partial charge on any atom is -0.356 e. The summed E-state index contributed by atoms with van der Waals surface area (Å²) in [5, 5.41) is 3.04. The van der Waals surface area contributed by atoms with E-state index in [2.05, 4.69) is 29.3 Å². The number of amides is 1. The highest BCUT2D eigenvalue weighted by Gasteiger charge is 2.00. The number of rotatable bonds is 20. The lowest BCUT2D eigenvalue weighted by Crippen LogP contribution is -2.25. The van der Waals surface area contributed by atoms with Crippen LogP contribution >= 0.6 is 0 Å². The van der Waals surface area contributed by atoms with Crippen LogP contribution in [0.2, 0.25) is 0 Å². The molecule has 0 heterocycles. The molecule has 1 N–H and O–H groups in total. The van der Waals surface area contributed by atoms with Gasteiger partial charge in [-0.3, -0.25) is 4.79 Å². The molecule has 0 saturated heterocycles. The molecular weight excluding hydrogens is 332 g/mol. The van der Waals surface area contributed by atoms with Gasteiger partial charge in [-0.05, 0) is 59.2 Å². The molecule has 0 rings (SSSR count). The number of nitrogens with one attached hydrogen (secondary N) is 1. The van der Waals surface area contributed by atoms with Crippen molar-refractivity contribution in [3.63, 3.8) is 0 Å². The van der Waals surface area contributed by atoms with Crippen LogP contribution in [0.4, 0.5) is 0 Å². The quantitative estimate of drug-likeness (QED) is 0.193. The maximum absolute atomic E-state index is 11.6. The van der Waals surface area contributed by atoms with Crippen molar-refractivity contribution in [2.24, 2.45) is 0 Å². The molecule has 0 atom stereocenters. The third kappa shape index (κ3) is 23.1. The Hall–Kier alpha value is -0.830. The van der Waals surface area contributed by atoms with E-state index in [9.17, 15) is 4.79 Å². The summed E-state index contributed by atoms with van der Waals surface area (Å²) in [7, 11) is 4.09. The van der Waals surface area contributed by atoms with Gasteiger partial charge >= 0.3 is 0 Å². The van der Waals surface area contributed by atoms with E-state index in [-0.39, 0.29) is 5.91 Å². The van der Waals surface area contributed by atoms with Crippen molar-refractivity contribution in [2.45, 2.75) is 110 Å². The Morgan fingerprint density at radius 1 is 0.741 bits per heavy atom. The average molecular weight is 381 g/mol. The molecule has 1 amide bonds. The molecule has 27 heavy (non-hydrogen) atoms. The van der Waals surface area contributed by atoms with Gasteiger partial charge in [-0.15, -0.1) is 0 Å². The lowest BCUT2D eigenvalue weighted by Gasteiger charge is -2.09. The Kier molecular flexibility index (Phi) is 20.8. The van der Waals surface area contributed by atoms with E-state index >= 15 is 0 Å². The summed E-state index contributed by atoms with van der Waals surface area (Å²) in [5.41, 5.74) is 0. The monoisotopic (exact) mass is 380 g/mol. The summed E-state index contributed by atoms with van der Waals surface area (Å²) in [6, 6.07) is 0. The van der Waals surface area contributed by atoms with Crippen molar-refractivity contribution in [2.75, 3.05) is 27.2 Å². The third-order valence-electron chi connectivity index (χ3n) is 5.02. The molecule has 0 radical (unpaired) electrons. The van der Waals surface area contributed by atoms with Crippen LogP contribution in [0.5, 0.6) is 0 Å². The van der Waals surface area contributed by atoms with Crippen molar-refractivity contribution in [3.8, 4) is 0 Å². The standard InChI is InChI=1S/C24H48N2O/c1-4-5-6-7-8-9-10-11-12-13-14-15-16-17-18-19-22-25-24(27)21-20-23-26(2)3/h11-12H,4-10,13-23H2,1-3H3,(H,25,27)/b12-11-. The van der Waals surface area contributed by atoms with Crippen molar-refractivity contribution in [1.82, 2.24) is 10.2 Å². The van der Waals surface area contributed by atoms with Crippen LogP contribution in [-0.2, 0) is 4.79 Å². The van der Waals surface area contributed by atoms with Crippen LogP contribution in [0.25, 0.3) is 0 Å². The molecule has 0 aliphatic carbocycles. The zero-order valence-electron chi connectivity index (χ0n) is 18.7. The fourth-order valence-corrected chi connectivity index (χ4v) is 3.24. The molecule has 0 saturated carbocycles. The Morgan fingerprint density at radius 3 is 1.81 bits per heavy atom. The molecular formula is C24H48N2O. The second kappa shape index (κ2) is 21.5. The first-order valence-corrected chi connectivity index (χ1v) is 11.7. The number of carbonyl (C=O) groups excluding carboxylic acids is 1. The van der Waals surface area contributed by atoms with Gasteiger partial charge in [0.25, 0.3) is 0 Å². The number of hydrogen-bond acceptors (Lipinski definition) is 2. The van der Waals surface area contributed by atoms with Crippen molar-refractivity contribution in [1.29, 1.82) is 0 Å². The van der Waals surface area contributed by atoms with E-state index in [1.165, 1.54) is 83.5 Å². The largest absolute Gasteiger partial charge is 0.356 e. The summed E-state index contributed by atoms with van der Waals surface area (Å²) < 4.78 is 0. The van der Waals surface area contributed by atoms with E-state index in [0.717, 1.165) is 25.9 Å². The summed E-state index contributed by atoms with van der Waals surface area (Å²) in [5.74, 6) is 0.213. The van der Waals surface area contributed by atoms with Crippen molar-refractivity contribution >= 4 is 5.91 Å². The minimum absolute atomic E-state index is 0.213. The van der Waals surface area contributed by atoms with Gasteiger partial charge in [-0.25, -0.2) is 0 Å². The van der Waals surface area contributed by atoms with E-state index in [4.69, 9.17) is 0 Å². The van der Waals surface area contributed by atoms with Gasteiger partial charge in [-0.1, -0.05) is 76.9 Å². The number of allylic oxidation sites excluding steroid dienone is 2. The average Bonchev–Trinajstić information content (AvgIpc) is 2.64. The molecule has 0 aliphatic rings. The molecule has 0 unspecified atom stereocenters. The molecule has 0 aromatic carbocycles. The first kappa shape index (κ1) is 26.2. The Balaban J connectivity index is 3.18. The van der Waals surface area contributed by atoms with Crippen LogP contribution in [0.15, 0.2) is 12.2 Å². The molecule has 160 valence electrons. The predicted octanol–water partition coefficient (Wildman–Crippen LogP) is 6.48. The van der Waals surface area contributed by atoms with Gasteiger partial charge < -0.3 is 10.2 Å². The Bertz CT molecular complexity index is 339. The second-order valence-electron chi connectivity index (χ2n) is 8.19. The van der Waals surface area contributed by atoms with Crippen LogP contribution in [0.1, 0.15) is 110 Å². The van der Waals surface area contributed by atoms with Gasteiger partial charge in [0.1, 0.15) is 0 Å². The van der Waals surface area contributed by atoms with Crippen LogP contribution in [0.3, 0.4) is 0 Å². The van der Waals surface area contributed by atoms with E-state index in [1.807, 2.05) is 14.1 Å². The van der Waals surface area contributed by atoms with Gasteiger partial charge in [0.05, 0.1) is 0 Å². The fraction of sp³-hybridized carbons (Fsp3) is 0.875.